The zero-order valence-electron chi connectivity index (χ0n) is 9.72. The Morgan fingerprint density at radius 3 is 2.15 bits per heavy atom. The van der Waals surface area contributed by atoms with Crippen LogP contribution in [0.4, 0.5) is 0 Å². The third kappa shape index (κ3) is 5.03. The predicted octanol–water partition coefficient (Wildman–Crippen LogP) is 0.505. The first kappa shape index (κ1) is 16.2. The fourth-order valence-corrected chi connectivity index (χ4v) is 1.88. The molecule has 0 radical (unpaired) electrons. The zero-order chi connectivity index (χ0) is 15.3. The maximum atomic E-state index is 11.0. The smallest absolute Gasteiger partial charge is 0.373 e. The topological polar surface area (TPSA) is 127 Å². The van der Waals surface area contributed by atoms with Gasteiger partial charge in [-0.15, -0.1) is 0 Å². The van der Waals surface area contributed by atoms with Crippen molar-refractivity contribution >= 4 is 31.7 Å². The van der Waals surface area contributed by atoms with Crippen LogP contribution in [-0.2, 0) is 23.4 Å². The highest BCUT2D eigenvalue weighted by Crippen LogP contribution is 2.20. The second kappa shape index (κ2) is 6.55. The predicted molar refractivity (Wildman–Crippen MR) is 65.1 cm³/mol. The van der Waals surface area contributed by atoms with E-state index in [4.69, 9.17) is 25.6 Å². The van der Waals surface area contributed by atoms with Gasteiger partial charge in [0.2, 0.25) is 0 Å². The van der Waals surface area contributed by atoms with Crippen molar-refractivity contribution in [2.75, 3.05) is 6.61 Å². The molecule has 1 aromatic carbocycles. The van der Waals surface area contributed by atoms with Gasteiger partial charge in [0, 0.05) is 10.7 Å². The van der Waals surface area contributed by atoms with Crippen LogP contribution in [0.1, 0.15) is 0 Å². The Kier molecular flexibility index (Phi) is 5.31. The summed E-state index contributed by atoms with van der Waals surface area (Å²) >= 11 is 0. The third-order valence-electron chi connectivity index (χ3n) is 1.91. The summed E-state index contributed by atoms with van der Waals surface area (Å²) in [6, 6.07) is 4.53. The first-order valence-electron chi connectivity index (χ1n) is 4.98. The molecular formula is C10H9ClO8S. The maximum absolute atomic E-state index is 11.0. The molecule has 0 aliphatic heterocycles. The van der Waals surface area contributed by atoms with Gasteiger partial charge in [0.25, 0.3) is 15.3 Å². The highest BCUT2D eigenvalue weighted by Gasteiger charge is 2.21. The number of aliphatic carboxylic acids is 2. The largest absolute Gasteiger partial charge is 0.480 e. The van der Waals surface area contributed by atoms with Gasteiger partial charge in [-0.2, -0.15) is 0 Å². The molecule has 0 bridgehead atoms. The van der Waals surface area contributed by atoms with Crippen molar-refractivity contribution in [3.8, 4) is 5.75 Å². The van der Waals surface area contributed by atoms with E-state index < -0.39 is 33.9 Å². The molecule has 1 atom stereocenters. The summed E-state index contributed by atoms with van der Waals surface area (Å²) < 4.78 is 31.4. The number of hydrogen-bond donors (Lipinski definition) is 2. The molecule has 0 saturated heterocycles. The molecule has 0 saturated carbocycles. The first-order chi connectivity index (χ1) is 9.20. The fraction of sp³-hybridized carbons (Fsp3) is 0.200. The summed E-state index contributed by atoms with van der Waals surface area (Å²) in [7, 11) is 1.20. The van der Waals surface area contributed by atoms with Crippen LogP contribution in [0.15, 0.2) is 29.2 Å². The molecule has 1 aromatic rings. The van der Waals surface area contributed by atoms with Crippen molar-refractivity contribution in [1.82, 2.24) is 0 Å². The molecule has 0 fully saturated rings. The van der Waals surface area contributed by atoms with E-state index in [1.165, 1.54) is 0 Å². The summed E-state index contributed by atoms with van der Waals surface area (Å²) in [5.74, 6) is -2.91. The van der Waals surface area contributed by atoms with Crippen LogP contribution in [0.2, 0.25) is 0 Å². The van der Waals surface area contributed by atoms with Gasteiger partial charge in [-0.05, 0) is 24.3 Å². The minimum Gasteiger partial charge on any atom is -0.480 e. The molecule has 8 nitrogen and oxygen atoms in total. The second-order valence-corrected chi connectivity index (χ2v) is 5.97. The molecule has 20 heavy (non-hydrogen) atoms. The summed E-state index contributed by atoms with van der Waals surface area (Å²) in [5.41, 5.74) is 0. The number of ether oxygens (including phenoxy) is 2. The highest BCUT2D eigenvalue weighted by atomic mass is 35.7. The molecule has 0 aliphatic rings. The summed E-state index contributed by atoms with van der Waals surface area (Å²) in [6.07, 6.45) is -1.83. The Morgan fingerprint density at radius 2 is 1.75 bits per heavy atom. The van der Waals surface area contributed by atoms with E-state index in [1.54, 1.807) is 0 Å². The maximum Gasteiger partial charge on any atom is 0.373 e. The lowest BCUT2D eigenvalue weighted by Crippen LogP contribution is -2.32. The number of halogens is 1. The van der Waals surface area contributed by atoms with Crippen molar-refractivity contribution in [1.29, 1.82) is 0 Å². The minimum atomic E-state index is -3.89. The molecular weight excluding hydrogens is 316 g/mol. The van der Waals surface area contributed by atoms with E-state index in [-0.39, 0.29) is 10.6 Å². The van der Waals surface area contributed by atoms with Crippen LogP contribution in [0.5, 0.6) is 5.75 Å². The van der Waals surface area contributed by atoms with Crippen LogP contribution < -0.4 is 4.74 Å². The summed E-state index contributed by atoms with van der Waals surface area (Å²) in [6.45, 7) is -0.856. The average molecular weight is 325 g/mol. The molecule has 10 heteroatoms. The number of carboxylic acid groups (broad SMARTS) is 2. The van der Waals surface area contributed by atoms with Gasteiger partial charge >= 0.3 is 11.9 Å². The Balaban J connectivity index is 2.79. The molecule has 1 rings (SSSR count). The lowest BCUT2D eigenvalue weighted by atomic mass is 10.3. The molecule has 2 N–H and O–H groups in total. The van der Waals surface area contributed by atoms with Crippen LogP contribution >= 0.6 is 10.7 Å². The van der Waals surface area contributed by atoms with Gasteiger partial charge in [-0.1, -0.05) is 0 Å². The van der Waals surface area contributed by atoms with Crippen molar-refractivity contribution in [3.63, 3.8) is 0 Å². The monoisotopic (exact) mass is 324 g/mol. The Hall–Kier alpha value is -1.84. The molecule has 0 heterocycles. The second-order valence-electron chi connectivity index (χ2n) is 3.40. The number of rotatable bonds is 7. The van der Waals surface area contributed by atoms with Gasteiger partial charge in [-0.3, -0.25) is 0 Å². The molecule has 110 valence electrons. The van der Waals surface area contributed by atoms with Crippen LogP contribution in [0.25, 0.3) is 0 Å². The van der Waals surface area contributed by atoms with Crippen LogP contribution in [-0.4, -0.2) is 43.5 Å². The van der Waals surface area contributed by atoms with Crippen LogP contribution in [0.3, 0.4) is 0 Å². The van der Waals surface area contributed by atoms with Gasteiger partial charge in [0.1, 0.15) is 12.4 Å². The van der Waals surface area contributed by atoms with E-state index in [0.29, 0.717) is 0 Å². The Bertz CT molecular complexity index is 594. The van der Waals surface area contributed by atoms with Crippen molar-refractivity contribution in [2.24, 2.45) is 0 Å². The lowest BCUT2D eigenvalue weighted by molar-refractivity contribution is -0.175. The van der Waals surface area contributed by atoms with Gasteiger partial charge in [0.15, 0.2) is 0 Å². The van der Waals surface area contributed by atoms with E-state index in [9.17, 15) is 18.0 Å². The Labute approximate surface area is 117 Å². The summed E-state index contributed by atoms with van der Waals surface area (Å²) in [4.78, 5) is 20.9. The van der Waals surface area contributed by atoms with Crippen molar-refractivity contribution < 1.29 is 37.7 Å². The van der Waals surface area contributed by atoms with Gasteiger partial charge in [-0.25, -0.2) is 18.0 Å². The molecule has 0 amide bonds. The Morgan fingerprint density at radius 1 is 1.20 bits per heavy atom. The third-order valence-corrected chi connectivity index (χ3v) is 3.28. The molecule has 0 aliphatic carbocycles. The van der Waals surface area contributed by atoms with Gasteiger partial charge in [0.05, 0.1) is 4.90 Å². The average Bonchev–Trinajstić information content (AvgIpc) is 2.33. The standard InChI is InChI=1S/C10H9ClO8S/c11-20(16,17)7-3-1-6(2-4-7)19-10(9(14)15)18-5-8(12)13/h1-4,10H,5H2,(H,12,13)(H,14,15). The van der Waals surface area contributed by atoms with Crippen molar-refractivity contribution in [3.05, 3.63) is 24.3 Å². The van der Waals surface area contributed by atoms with Gasteiger partial charge < -0.3 is 19.7 Å². The number of hydrogen-bond acceptors (Lipinski definition) is 6. The van der Waals surface area contributed by atoms with E-state index in [2.05, 4.69) is 4.74 Å². The number of carboxylic acids is 2. The van der Waals surface area contributed by atoms with Crippen LogP contribution in [0, 0.1) is 0 Å². The van der Waals surface area contributed by atoms with E-state index >= 15 is 0 Å². The first-order valence-corrected chi connectivity index (χ1v) is 7.28. The normalized spacial score (nSPS) is 12.7. The summed E-state index contributed by atoms with van der Waals surface area (Å²) in [5, 5.41) is 17.2. The fourth-order valence-electron chi connectivity index (χ4n) is 1.11. The van der Waals surface area contributed by atoms with E-state index in [0.717, 1.165) is 24.3 Å². The molecule has 0 spiro atoms. The molecule has 1 unspecified atom stereocenters. The number of carbonyl (C=O) groups is 2. The number of benzene rings is 1. The SMILES string of the molecule is O=C(O)COC(Oc1ccc(S(=O)(=O)Cl)cc1)C(=O)O. The van der Waals surface area contributed by atoms with E-state index in [1.807, 2.05) is 0 Å². The lowest BCUT2D eigenvalue weighted by Gasteiger charge is -2.14. The minimum absolute atomic E-state index is 0.0214. The molecule has 0 aromatic heterocycles. The zero-order valence-corrected chi connectivity index (χ0v) is 11.3. The highest BCUT2D eigenvalue weighted by molar-refractivity contribution is 8.13. The quantitative estimate of drug-likeness (QED) is 0.548. The van der Waals surface area contributed by atoms with Crippen molar-refractivity contribution in [2.45, 2.75) is 11.2 Å².